The van der Waals surface area contributed by atoms with E-state index in [4.69, 9.17) is 9.47 Å². The number of hydrogen-bond acceptors (Lipinski definition) is 5. The zero-order chi connectivity index (χ0) is 19.5. The molecule has 4 rings (SSSR count). The summed E-state index contributed by atoms with van der Waals surface area (Å²) in [5.74, 6) is 0.605. The minimum atomic E-state index is -2.52. The van der Waals surface area contributed by atoms with E-state index in [0.717, 1.165) is 5.52 Å². The number of hydrogen-bond donors (Lipinski definition) is 1. The molecule has 0 saturated carbocycles. The lowest BCUT2D eigenvalue weighted by molar-refractivity contribution is -0.0330. The van der Waals surface area contributed by atoms with Crippen molar-refractivity contribution >= 4 is 17.3 Å². The molecule has 0 spiro atoms. The molecule has 1 aromatic carbocycles. The van der Waals surface area contributed by atoms with Crippen LogP contribution >= 0.6 is 0 Å². The topological polar surface area (TPSA) is 80.3 Å². The highest BCUT2D eigenvalue weighted by Crippen LogP contribution is 2.23. The molecule has 1 atom stereocenters. The van der Waals surface area contributed by atoms with Gasteiger partial charge in [-0.3, -0.25) is 0 Å². The maximum Gasteiger partial charge on any atom is 0.410 e. The molecular formula is C19H18F2N4O3. The summed E-state index contributed by atoms with van der Waals surface area (Å²) < 4.78 is 36.2. The first-order chi connectivity index (χ1) is 13.6. The molecule has 0 aliphatic carbocycles. The van der Waals surface area contributed by atoms with Gasteiger partial charge < -0.3 is 19.4 Å². The van der Waals surface area contributed by atoms with Crippen molar-refractivity contribution in [1.82, 2.24) is 19.9 Å². The van der Waals surface area contributed by atoms with Gasteiger partial charge in [0, 0.05) is 18.3 Å². The molecule has 2 aromatic heterocycles. The van der Waals surface area contributed by atoms with E-state index in [1.54, 1.807) is 11.1 Å². The highest BCUT2D eigenvalue weighted by Gasteiger charge is 2.28. The Balaban J connectivity index is 1.36. The van der Waals surface area contributed by atoms with Gasteiger partial charge in [-0.05, 0) is 17.7 Å². The lowest BCUT2D eigenvalue weighted by Gasteiger charge is -2.31. The molecule has 146 valence electrons. The molecule has 1 saturated heterocycles. The number of carbonyl (C=O) groups excluding carboxylic acids is 1. The summed E-state index contributed by atoms with van der Waals surface area (Å²) in [6.07, 6.45) is -1.75. The number of carbonyl (C=O) groups is 1. The first-order valence-corrected chi connectivity index (χ1v) is 8.81. The van der Waals surface area contributed by atoms with Crippen LogP contribution in [0.25, 0.3) is 11.2 Å². The Hall–Kier alpha value is -3.07. The second-order valence-electron chi connectivity index (χ2n) is 6.40. The van der Waals surface area contributed by atoms with E-state index in [1.165, 1.54) is 24.3 Å². The molecule has 3 heterocycles. The number of alkyl halides is 2. The van der Waals surface area contributed by atoms with Crippen LogP contribution < -0.4 is 0 Å². The molecule has 9 heteroatoms. The minimum Gasteiger partial charge on any atom is -0.445 e. The van der Waals surface area contributed by atoms with Gasteiger partial charge in [-0.15, -0.1) is 0 Å². The lowest BCUT2D eigenvalue weighted by atomic mass is 10.1. The van der Waals surface area contributed by atoms with E-state index >= 15 is 0 Å². The number of aromatic amines is 1. The predicted molar refractivity (Wildman–Crippen MR) is 95.7 cm³/mol. The number of fused-ring (bicyclic) bond motifs is 1. The van der Waals surface area contributed by atoms with Gasteiger partial charge in [-0.1, -0.05) is 24.3 Å². The second kappa shape index (κ2) is 7.89. The number of nitrogens with one attached hydrogen (secondary N) is 1. The van der Waals surface area contributed by atoms with Crippen LogP contribution in [0.3, 0.4) is 0 Å². The SMILES string of the molecule is O=C(OCc1ccc(C(F)F)cc1)N1CCOC(c2nc3ncccc3[nH]2)C1. The van der Waals surface area contributed by atoms with Crippen LogP contribution in [0.2, 0.25) is 0 Å². The van der Waals surface area contributed by atoms with E-state index in [0.29, 0.717) is 36.7 Å². The number of morpholine rings is 1. The number of amides is 1. The number of aromatic nitrogens is 3. The van der Waals surface area contributed by atoms with Crippen LogP contribution in [-0.4, -0.2) is 45.6 Å². The molecule has 0 bridgehead atoms. The Morgan fingerprint density at radius 2 is 2.14 bits per heavy atom. The third-order valence-corrected chi connectivity index (χ3v) is 4.50. The first kappa shape index (κ1) is 18.3. The fourth-order valence-electron chi connectivity index (χ4n) is 2.99. The van der Waals surface area contributed by atoms with Gasteiger partial charge in [0.25, 0.3) is 6.43 Å². The van der Waals surface area contributed by atoms with E-state index in [1.807, 2.05) is 12.1 Å². The standard InChI is InChI=1S/C19H18F2N4O3/c20-16(21)13-5-3-12(4-6-13)11-28-19(26)25-8-9-27-15(10-25)18-23-14-2-1-7-22-17(14)24-18/h1-7,15-16H,8-11H2,(H,22,23,24). The number of pyridine rings is 1. The van der Waals surface area contributed by atoms with Gasteiger partial charge >= 0.3 is 6.09 Å². The molecule has 1 aliphatic heterocycles. The van der Waals surface area contributed by atoms with E-state index in [2.05, 4.69) is 15.0 Å². The van der Waals surface area contributed by atoms with Crippen molar-refractivity contribution in [2.45, 2.75) is 19.1 Å². The summed E-state index contributed by atoms with van der Waals surface area (Å²) in [6.45, 7) is 1.06. The van der Waals surface area contributed by atoms with Crippen molar-refractivity contribution < 1.29 is 23.0 Å². The summed E-state index contributed by atoms with van der Waals surface area (Å²) in [7, 11) is 0. The highest BCUT2D eigenvalue weighted by atomic mass is 19.3. The van der Waals surface area contributed by atoms with Crippen LogP contribution in [0.4, 0.5) is 13.6 Å². The zero-order valence-electron chi connectivity index (χ0n) is 14.8. The number of H-pyrrole nitrogens is 1. The molecule has 3 aromatic rings. The average Bonchev–Trinajstić information content (AvgIpc) is 3.17. The summed E-state index contributed by atoms with van der Waals surface area (Å²) in [5, 5.41) is 0. The van der Waals surface area contributed by atoms with Gasteiger partial charge in [0.05, 0.1) is 18.7 Å². The summed E-state index contributed by atoms with van der Waals surface area (Å²) in [6, 6.07) is 9.38. The number of halogens is 2. The maximum absolute atomic E-state index is 12.6. The number of rotatable bonds is 4. The van der Waals surface area contributed by atoms with Gasteiger partial charge in [0.2, 0.25) is 0 Å². The van der Waals surface area contributed by atoms with Gasteiger partial charge in [0.15, 0.2) is 5.65 Å². The fourth-order valence-corrected chi connectivity index (χ4v) is 2.99. The monoisotopic (exact) mass is 388 g/mol. The molecule has 1 N–H and O–H groups in total. The van der Waals surface area contributed by atoms with Crippen molar-refractivity contribution in [2.75, 3.05) is 19.7 Å². The van der Waals surface area contributed by atoms with Crippen LogP contribution in [0.1, 0.15) is 29.5 Å². The van der Waals surface area contributed by atoms with E-state index in [9.17, 15) is 13.6 Å². The Bertz CT molecular complexity index is 928. The third-order valence-electron chi connectivity index (χ3n) is 4.50. The maximum atomic E-state index is 12.6. The highest BCUT2D eigenvalue weighted by molar-refractivity contribution is 5.70. The zero-order valence-corrected chi connectivity index (χ0v) is 14.8. The number of ether oxygens (including phenoxy) is 2. The van der Waals surface area contributed by atoms with Crippen molar-refractivity contribution in [2.24, 2.45) is 0 Å². The van der Waals surface area contributed by atoms with Crippen molar-refractivity contribution in [3.63, 3.8) is 0 Å². The summed E-state index contributed by atoms with van der Waals surface area (Å²) in [5.41, 5.74) is 1.97. The van der Waals surface area contributed by atoms with Crippen molar-refractivity contribution in [1.29, 1.82) is 0 Å². The van der Waals surface area contributed by atoms with E-state index < -0.39 is 18.6 Å². The quantitative estimate of drug-likeness (QED) is 0.739. The van der Waals surface area contributed by atoms with Crippen LogP contribution in [0.15, 0.2) is 42.6 Å². The molecule has 28 heavy (non-hydrogen) atoms. The Morgan fingerprint density at radius 1 is 1.32 bits per heavy atom. The number of imidazole rings is 1. The molecule has 0 radical (unpaired) electrons. The first-order valence-electron chi connectivity index (χ1n) is 8.81. The largest absolute Gasteiger partial charge is 0.445 e. The third kappa shape index (κ3) is 3.94. The van der Waals surface area contributed by atoms with Crippen molar-refractivity contribution in [3.8, 4) is 0 Å². The average molecular weight is 388 g/mol. The molecule has 1 unspecified atom stereocenters. The van der Waals surface area contributed by atoms with Gasteiger partial charge in [0.1, 0.15) is 18.5 Å². The molecule has 1 amide bonds. The van der Waals surface area contributed by atoms with Crippen LogP contribution in [0.5, 0.6) is 0 Å². The minimum absolute atomic E-state index is 0.0128. The Labute approximate surface area is 159 Å². The molecular weight excluding hydrogens is 370 g/mol. The fraction of sp³-hybridized carbons (Fsp3) is 0.316. The number of benzene rings is 1. The summed E-state index contributed by atoms with van der Waals surface area (Å²) in [4.78, 5) is 25.7. The second-order valence-corrected chi connectivity index (χ2v) is 6.40. The molecule has 7 nitrogen and oxygen atoms in total. The number of nitrogens with zero attached hydrogens (tertiary/aromatic N) is 3. The predicted octanol–water partition coefficient (Wildman–Crippen LogP) is 3.61. The molecule has 1 aliphatic rings. The lowest BCUT2D eigenvalue weighted by Crippen LogP contribution is -2.42. The van der Waals surface area contributed by atoms with Gasteiger partial charge in [-0.2, -0.15) is 0 Å². The normalized spacial score (nSPS) is 17.2. The van der Waals surface area contributed by atoms with Crippen molar-refractivity contribution in [3.05, 3.63) is 59.5 Å². The van der Waals surface area contributed by atoms with E-state index in [-0.39, 0.29) is 12.2 Å². The van der Waals surface area contributed by atoms with Gasteiger partial charge in [-0.25, -0.2) is 23.5 Å². The smallest absolute Gasteiger partial charge is 0.410 e. The summed E-state index contributed by atoms with van der Waals surface area (Å²) >= 11 is 0. The van der Waals surface area contributed by atoms with Crippen LogP contribution in [-0.2, 0) is 16.1 Å². The Morgan fingerprint density at radius 3 is 2.89 bits per heavy atom. The Kier molecular flexibility index (Phi) is 5.16. The van der Waals surface area contributed by atoms with Crippen LogP contribution in [0, 0.1) is 0 Å². The molecule has 1 fully saturated rings.